The number of esters is 2. The van der Waals surface area contributed by atoms with Crippen LogP contribution >= 0.6 is 0 Å². The Balaban J connectivity index is 2.33. The Labute approximate surface area is 175 Å². The van der Waals surface area contributed by atoms with Crippen LogP contribution in [-0.4, -0.2) is 49.5 Å². The van der Waals surface area contributed by atoms with Crippen LogP contribution in [0.25, 0.3) is 0 Å². The fraction of sp³-hybridized carbons (Fsp3) is 0.545. The van der Waals surface area contributed by atoms with Gasteiger partial charge < -0.3 is 29.8 Å². The zero-order valence-corrected chi connectivity index (χ0v) is 18.0. The van der Waals surface area contributed by atoms with Crippen LogP contribution in [0.3, 0.4) is 0 Å². The second-order valence-electron chi connectivity index (χ2n) is 7.76. The predicted octanol–water partition coefficient (Wildman–Crippen LogP) is 2.10. The summed E-state index contributed by atoms with van der Waals surface area (Å²) in [6, 6.07) is 3.19. The molecule has 0 bridgehead atoms. The first-order valence-electron chi connectivity index (χ1n) is 9.98. The molecule has 1 aromatic carbocycles. The number of phenolic OH excluding ortho intramolecular Hbond substituents is 1. The summed E-state index contributed by atoms with van der Waals surface area (Å²) in [4.78, 5) is 23.7. The third kappa shape index (κ3) is 3.39. The number of ether oxygens (including phenoxy) is 4. The van der Waals surface area contributed by atoms with E-state index in [1.807, 2.05) is 13.0 Å². The van der Waals surface area contributed by atoms with E-state index in [9.17, 15) is 14.7 Å². The van der Waals surface area contributed by atoms with E-state index in [1.54, 1.807) is 6.07 Å². The first kappa shape index (κ1) is 22.0. The molecule has 3 N–H and O–H groups in total. The highest BCUT2D eigenvalue weighted by Gasteiger charge is 2.55. The Morgan fingerprint density at radius 3 is 2.37 bits per heavy atom. The number of phenols is 1. The molecule has 2 unspecified atom stereocenters. The lowest BCUT2D eigenvalue weighted by molar-refractivity contribution is -0.168. The summed E-state index contributed by atoms with van der Waals surface area (Å²) >= 11 is 0. The van der Waals surface area contributed by atoms with Crippen molar-refractivity contribution in [3.8, 4) is 11.5 Å². The Kier molecular flexibility index (Phi) is 5.99. The molecule has 0 aliphatic heterocycles. The molecular weight excluding hydrogens is 390 g/mol. The summed E-state index contributed by atoms with van der Waals surface area (Å²) in [6.07, 6.45) is -0.395. The Morgan fingerprint density at radius 2 is 1.83 bits per heavy atom. The predicted molar refractivity (Wildman–Crippen MR) is 108 cm³/mol. The van der Waals surface area contributed by atoms with Crippen molar-refractivity contribution >= 4 is 11.9 Å². The lowest BCUT2D eigenvalue weighted by atomic mass is 9.57. The number of carbonyl (C=O) groups excluding carboxylic acids is 2. The van der Waals surface area contributed by atoms with Crippen LogP contribution in [-0.2, 0) is 35.6 Å². The van der Waals surface area contributed by atoms with Gasteiger partial charge in [-0.1, -0.05) is 13.0 Å². The van der Waals surface area contributed by atoms with E-state index in [0.717, 1.165) is 11.1 Å². The van der Waals surface area contributed by atoms with E-state index in [0.29, 0.717) is 29.9 Å². The highest BCUT2D eigenvalue weighted by atomic mass is 16.6. The quantitative estimate of drug-likeness (QED) is 0.697. The minimum atomic E-state index is -0.911. The summed E-state index contributed by atoms with van der Waals surface area (Å²) < 4.78 is 22.1. The fourth-order valence-electron chi connectivity index (χ4n) is 5.08. The molecule has 0 saturated carbocycles. The van der Waals surface area contributed by atoms with Crippen LogP contribution in [0.2, 0.25) is 0 Å². The van der Waals surface area contributed by atoms with Crippen molar-refractivity contribution in [1.29, 1.82) is 0 Å². The summed E-state index contributed by atoms with van der Waals surface area (Å²) in [5.41, 5.74) is 8.16. The monoisotopic (exact) mass is 419 g/mol. The zero-order valence-electron chi connectivity index (χ0n) is 18.0. The van der Waals surface area contributed by atoms with Gasteiger partial charge in [0.15, 0.2) is 17.6 Å². The summed E-state index contributed by atoms with van der Waals surface area (Å²) in [6.45, 7) is 4.57. The van der Waals surface area contributed by atoms with Gasteiger partial charge in [0.2, 0.25) is 0 Å². The molecule has 2 aliphatic rings. The largest absolute Gasteiger partial charge is 0.504 e. The van der Waals surface area contributed by atoms with Crippen molar-refractivity contribution in [3.63, 3.8) is 0 Å². The SMILES string of the molecule is CC[C@@]12CC(OC(C)=O)C(OC(C)=O)C(OC)=C1[C@@H](N)Cc1ccc(OC)c(O)c12. The van der Waals surface area contributed by atoms with Crippen molar-refractivity contribution in [1.82, 2.24) is 0 Å². The van der Waals surface area contributed by atoms with Gasteiger partial charge in [-0.3, -0.25) is 9.59 Å². The standard InChI is InChI=1S/C22H29NO7/c1-6-22-10-16(29-11(2)24)20(30-12(3)25)21(28-5)18(22)14(23)9-13-7-8-15(27-4)19(26)17(13)22/h7-8,14,16,20,26H,6,9-10,23H2,1-5H3/t14-,16?,20?,22-/m0/s1. The summed E-state index contributed by atoms with van der Waals surface area (Å²) in [5, 5.41) is 11.1. The number of methoxy groups -OCH3 is 2. The number of aromatic hydroxyl groups is 1. The van der Waals surface area contributed by atoms with Gasteiger partial charge in [0.25, 0.3) is 0 Å². The zero-order chi connectivity index (χ0) is 22.2. The molecule has 0 aromatic heterocycles. The molecule has 4 atom stereocenters. The second kappa shape index (κ2) is 8.18. The fourth-order valence-corrected chi connectivity index (χ4v) is 5.08. The number of hydrogen-bond donors (Lipinski definition) is 2. The normalized spacial score (nSPS) is 27.6. The van der Waals surface area contributed by atoms with Gasteiger partial charge >= 0.3 is 11.9 Å². The molecule has 1 aromatic rings. The molecule has 0 fully saturated rings. The highest BCUT2D eigenvalue weighted by Crippen LogP contribution is 2.56. The van der Waals surface area contributed by atoms with Crippen molar-refractivity contribution < 1.29 is 33.6 Å². The lowest BCUT2D eigenvalue weighted by Crippen LogP contribution is -2.54. The van der Waals surface area contributed by atoms with Crippen molar-refractivity contribution in [2.45, 2.75) is 63.7 Å². The average molecular weight is 419 g/mol. The van der Waals surface area contributed by atoms with E-state index in [4.69, 9.17) is 24.7 Å². The van der Waals surface area contributed by atoms with Crippen molar-refractivity contribution in [3.05, 3.63) is 34.6 Å². The highest BCUT2D eigenvalue weighted by molar-refractivity contribution is 5.69. The first-order chi connectivity index (χ1) is 14.2. The molecule has 2 aliphatic carbocycles. The van der Waals surface area contributed by atoms with Gasteiger partial charge in [0.05, 0.1) is 14.2 Å². The molecule has 0 radical (unpaired) electrons. The molecule has 0 spiro atoms. The van der Waals surface area contributed by atoms with Gasteiger partial charge in [-0.05, 0) is 30.0 Å². The molecular formula is C22H29NO7. The van der Waals surface area contributed by atoms with E-state index >= 15 is 0 Å². The first-order valence-corrected chi connectivity index (χ1v) is 9.98. The smallest absolute Gasteiger partial charge is 0.303 e. The molecule has 0 amide bonds. The van der Waals surface area contributed by atoms with Gasteiger partial charge in [0.1, 0.15) is 11.9 Å². The maximum Gasteiger partial charge on any atom is 0.303 e. The van der Waals surface area contributed by atoms with E-state index in [2.05, 4.69) is 0 Å². The number of hydrogen-bond acceptors (Lipinski definition) is 8. The van der Waals surface area contributed by atoms with Crippen LogP contribution in [0, 0.1) is 0 Å². The third-order valence-electron chi connectivity index (χ3n) is 6.10. The average Bonchev–Trinajstić information content (AvgIpc) is 2.68. The molecule has 8 heteroatoms. The van der Waals surface area contributed by atoms with Crippen LogP contribution in [0.15, 0.2) is 23.5 Å². The van der Waals surface area contributed by atoms with Crippen LogP contribution in [0.1, 0.15) is 44.7 Å². The Hall–Kier alpha value is -2.74. The number of nitrogens with two attached hydrogens (primary N) is 1. The van der Waals surface area contributed by atoms with E-state index in [-0.39, 0.29) is 12.2 Å². The molecule has 8 nitrogen and oxygen atoms in total. The second-order valence-corrected chi connectivity index (χ2v) is 7.76. The number of fused-ring (bicyclic) bond motifs is 3. The lowest BCUT2D eigenvalue weighted by Gasteiger charge is -2.50. The molecule has 0 saturated heterocycles. The third-order valence-corrected chi connectivity index (χ3v) is 6.10. The number of benzene rings is 1. The van der Waals surface area contributed by atoms with Crippen LogP contribution in [0.5, 0.6) is 11.5 Å². The maximum atomic E-state index is 11.9. The van der Waals surface area contributed by atoms with Gasteiger partial charge in [0, 0.05) is 37.3 Å². The summed E-state index contributed by atoms with van der Waals surface area (Å²) in [5.74, 6) is -0.279. The van der Waals surface area contributed by atoms with Crippen molar-refractivity contribution in [2.24, 2.45) is 5.73 Å². The van der Waals surface area contributed by atoms with Gasteiger partial charge in [-0.15, -0.1) is 0 Å². The van der Waals surface area contributed by atoms with Gasteiger partial charge in [-0.25, -0.2) is 0 Å². The number of carbonyl (C=O) groups is 2. The minimum absolute atomic E-state index is 0.0317. The Bertz CT molecular complexity index is 894. The van der Waals surface area contributed by atoms with Crippen LogP contribution in [0.4, 0.5) is 0 Å². The Morgan fingerprint density at radius 1 is 1.17 bits per heavy atom. The number of rotatable bonds is 5. The summed E-state index contributed by atoms with van der Waals surface area (Å²) in [7, 11) is 2.97. The molecule has 30 heavy (non-hydrogen) atoms. The van der Waals surface area contributed by atoms with Crippen LogP contribution < -0.4 is 10.5 Å². The maximum absolute atomic E-state index is 11.9. The van der Waals surface area contributed by atoms with Gasteiger partial charge in [-0.2, -0.15) is 0 Å². The van der Waals surface area contributed by atoms with E-state index < -0.39 is 35.6 Å². The topological polar surface area (TPSA) is 117 Å². The molecule has 3 rings (SSSR count). The van der Waals surface area contributed by atoms with E-state index in [1.165, 1.54) is 28.1 Å². The van der Waals surface area contributed by atoms with Crippen molar-refractivity contribution in [2.75, 3.05) is 14.2 Å². The molecule has 164 valence electrons. The minimum Gasteiger partial charge on any atom is -0.504 e. The molecule has 0 heterocycles.